The van der Waals surface area contributed by atoms with E-state index in [1.54, 1.807) is 91.1 Å². The van der Waals surface area contributed by atoms with Crippen molar-refractivity contribution in [3.05, 3.63) is 164 Å². The number of hydrogen-bond acceptors (Lipinski definition) is 35. The molecule has 5 heterocycles. The van der Waals surface area contributed by atoms with Crippen LogP contribution in [0.3, 0.4) is 0 Å². The number of Topliss-reactive ketones (excluding diaryl/α,β-unsaturated/α-hetero) is 1. The maximum absolute atomic E-state index is 14.7. The Hall–Kier alpha value is -10.7. The molecule has 3 aliphatic carbocycles. The van der Waals surface area contributed by atoms with E-state index in [1.165, 1.54) is 74.0 Å². The van der Waals surface area contributed by atoms with Crippen LogP contribution >= 0.6 is 55.9 Å². The number of fused-ring (bicyclic) bond motifs is 5. The van der Waals surface area contributed by atoms with Crippen molar-refractivity contribution in [2.45, 2.75) is 258 Å². The van der Waals surface area contributed by atoms with E-state index in [0.717, 1.165) is 41.1 Å². The number of nitrogens with one attached hydrogen (secondary N) is 8. The van der Waals surface area contributed by atoms with Gasteiger partial charge in [0.1, 0.15) is 73.0 Å². The largest absolute Gasteiger partial charge is 0.492 e. The quantitative estimate of drug-likeness (QED) is 0.00445. The SMILES string of the molecule is CCN(C(=O)OCc1ccc(NC(=O)[C@H](CCCNC(N)=O)NC(=O)[C@@H](NC(=O)[C@H](CCCCNC(=O)OCC2c3ccccc3-c3ccccc32)NC(C)=O)C(C)C)cc1)[C@H]1CO[C@@H](O[C@H]2[C@H](O[C@H]3C#C/C=C\C#C[C@]4(O)CC(=O)C(NC(=O)OC)=C3/C4=C\CSSc3ccccn3)O[C@H](C)[C@@H](NO[C@H]3C[C@H](O)[C@H](SC(=O)c4c(C)c(I)c(O[C@@H]5O[C@@H](C)[C@H](O)[C@@H](OC)[C@H]5O)c(OC)c4OC)[C@@H](C)O3)[C@@H]2O)C[C@@H]1OC. The highest BCUT2D eigenvalue weighted by Crippen LogP contribution is 2.51. The number of thioether (sulfide) groups is 1. The first-order valence-corrected chi connectivity index (χ1v) is 52.0. The predicted octanol–water partition coefficient (Wildman–Crippen LogP) is 7.65. The molecule has 1 aromatic heterocycles. The molecule has 45 heteroatoms. The Kier molecular flexibility index (Phi) is 42.1. The summed E-state index contributed by atoms with van der Waals surface area (Å²) in [5.41, 5.74) is 11.1. The third-order valence-corrected chi connectivity index (χ3v) is 30.4. The van der Waals surface area contributed by atoms with Crippen molar-refractivity contribution >= 4 is 120 Å². The second kappa shape index (κ2) is 53.9. The number of unbranched alkanes of at least 4 members (excludes halogenated alkanes) is 1. The molecule has 0 spiro atoms. The Morgan fingerprint density at radius 3 is 2.05 bits per heavy atom. The van der Waals surface area contributed by atoms with Gasteiger partial charge >= 0.3 is 24.3 Å². The minimum atomic E-state index is -2.22. The lowest BCUT2D eigenvalue weighted by molar-refractivity contribution is -0.337. The minimum Gasteiger partial charge on any atom is -0.492 e. The molecule has 4 saturated heterocycles. The number of rotatable bonds is 43. The first-order chi connectivity index (χ1) is 70.0. The standard InChI is InChI=1S/C101H126IN11O30S3/c1-14-113(100(127)136-49-58-36-38-59(39-37-58)108-91(120)67(33-27-44-105-97(103)124)109-93(122)79(52(2)3)110-92(121)66(107-57(8)114)32-22-25-43-106-98(125)135-50-64-62-30-20-18-28-60(62)61-29-19-21-31-63(61)64)68-51-134-74(47-72(68)129-9)141-88-83(118)80(54(5)138-96(88)140-71-34-17-15-16-24-41-101(128)48-70(116)81(111-99(126)133-13)77(71)65(101)40-45-144-146-73-35-23-26-42-104-73)112-143-75-46-69(115)90(56(7)137-75)145-94(123)76-53(4)78(102)86(89(132-12)85(76)130-10)142-95-84(119)87(131-11)82(117)55(6)139-95/h15-16,18-21,23,26,28-31,35-40,42,52,54-56,64,66-69,71-72,74-75,79-80,82-84,87-88,90,95-96,112,115,117-119,128H,14,22,25,27,32-33,43-51H2,1-13H3,(H,106,125)(H,107,114)(H,108,120)(H,109,122)(H,110,121)(H,111,126)(H3,103,105,124)/b16-15-,65-40+/t54-,55+,56-,66+,67+,68+,69+,71+,72+,74+,75+,79+,80-,82+,83+,84-,87-,88-,90-,95+,96+,101+/m1/s1. The van der Waals surface area contributed by atoms with E-state index in [-0.39, 0.29) is 129 Å². The number of ketones is 1. The molecule has 7 aliphatic rings. The fourth-order valence-electron chi connectivity index (χ4n) is 18.0. The summed E-state index contributed by atoms with van der Waals surface area (Å²) in [7, 11) is 9.16. The predicted molar refractivity (Wildman–Crippen MR) is 543 cm³/mol. The number of alkyl carbamates (subject to hydrolysis) is 2. The third kappa shape index (κ3) is 28.8. The number of hydrogen-bond donors (Lipinski definition) is 14. The maximum atomic E-state index is 14.7. The summed E-state index contributed by atoms with van der Waals surface area (Å²) in [5.74, 6) is 7.66. The van der Waals surface area contributed by atoms with Crippen molar-refractivity contribution in [2.75, 3.05) is 79.5 Å². The van der Waals surface area contributed by atoms with Crippen LogP contribution in [0.5, 0.6) is 17.2 Å². The Bertz CT molecular complexity index is 5620. The number of amides is 9. The molecule has 4 aromatic carbocycles. The molecule has 5 aromatic rings. The molecule has 0 saturated carbocycles. The highest BCUT2D eigenvalue weighted by Gasteiger charge is 2.54. The van der Waals surface area contributed by atoms with Crippen molar-refractivity contribution in [1.82, 2.24) is 47.3 Å². The molecule has 0 radical (unpaired) electrons. The van der Waals surface area contributed by atoms with Gasteiger partial charge in [0.05, 0.1) is 97.0 Å². The number of pyridine rings is 1. The molecular weight excluding hydrogens is 2070 g/mol. The van der Waals surface area contributed by atoms with Gasteiger partial charge in [0.25, 0.3) is 0 Å². The number of methoxy groups -OCH3 is 5. The van der Waals surface area contributed by atoms with Gasteiger partial charge in [-0.3, -0.25) is 38.9 Å². The number of allylic oxidation sites excluding steroid dienone is 3. The molecule has 4 aliphatic heterocycles. The lowest BCUT2D eigenvalue weighted by Crippen LogP contribution is -2.65. The number of hydroxylamine groups is 1. The van der Waals surface area contributed by atoms with Gasteiger partial charge in [-0.2, -0.15) is 5.48 Å². The number of nitrogens with zero attached hydrogens (tertiary/aromatic N) is 2. The average molecular weight is 2200 g/mol. The van der Waals surface area contributed by atoms with E-state index in [2.05, 4.69) is 71.4 Å². The zero-order chi connectivity index (χ0) is 105. The summed E-state index contributed by atoms with van der Waals surface area (Å²) in [6.45, 7) is 12.7. The highest BCUT2D eigenvalue weighted by atomic mass is 127. The number of carbonyl (C=O) groups is 10. The number of aromatic nitrogens is 1. The Morgan fingerprint density at radius 1 is 0.712 bits per heavy atom. The van der Waals surface area contributed by atoms with Crippen LogP contribution in [-0.4, -0.2) is 302 Å². The van der Waals surface area contributed by atoms with Crippen molar-refractivity contribution in [3.63, 3.8) is 0 Å². The van der Waals surface area contributed by atoms with E-state index >= 15 is 0 Å². The van der Waals surface area contributed by atoms with Crippen molar-refractivity contribution < 1.29 is 145 Å². The van der Waals surface area contributed by atoms with Crippen molar-refractivity contribution in [3.8, 4) is 52.1 Å². The number of likely N-dealkylation sites (N-methyl/N-ethyl adjacent to an activating group) is 1. The number of aliphatic hydroxyl groups excluding tert-OH is 4. The summed E-state index contributed by atoms with van der Waals surface area (Å²) in [4.78, 5) is 149. The fourth-order valence-corrected chi connectivity index (χ4v) is 21.5. The van der Waals surface area contributed by atoms with E-state index in [1.807, 2.05) is 83.3 Å². The molecule has 4 fully saturated rings. The average Bonchev–Trinajstić information content (AvgIpc) is 1.36. The number of primary amides is 1. The molecule has 22 atom stereocenters. The van der Waals surface area contributed by atoms with Gasteiger partial charge in [0.2, 0.25) is 40.8 Å². The topological polar surface area (TPSA) is 549 Å². The molecule has 2 bridgehead atoms. The molecular formula is C101H126IN11O30S3. The first kappa shape index (κ1) is 114. The fraction of sp³-hybridized carbons (Fsp3) is 0.515. The summed E-state index contributed by atoms with van der Waals surface area (Å²) < 4.78 is 85.6. The number of halogens is 1. The molecule has 12 rings (SSSR count). The summed E-state index contributed by atoms with van der Waals surface area (Å²) in [6.07, 6.45) is -15.8. The Labute approximate surface area is 871 Å². The van der Waals surface area contributed by atoms with Gasteiger partial charge in [-0.1, -0.05) is 133 Å². The van der Waals surface area contributed by atoms with Gasteiger partial charge in [-0.15, -0.1) is 0 Å². The molecule has 0 unspecified atom stereocenters. The third-order valence-electron chi connectivity index (χ3n) is 25.6. The van der Waals surface area contributed by atoms with Gasteiger partial charge in [0, 0.05) is 88.3 Å². The van der Waals surface area contributed by atoms with Crippen LogP contribution < -0.4 is 62.6 Å². The van der Waals surface area contributed by atoms with Crippen molar-refractivity contribution in [2.24, 2.45) is 11.7 Å². The van der Waals surface area contributed by atoms with Gasteiger partial charge in [-0.05, 0) is 176 Å². The van der Waals surface area contributed by atoms with Crippen LogP contribution in [-0.2, 0) is 87.5 Å². The number of anilines is 1. The monoisotopic (exact) mass is 2200 g/mol. The van der Waals surface area contributed by atoms with Gasteiger partial charge < -0.3 is 134 Å². The molecule has 9 amide bonds. The molecule has 146 heavy (non-hydrogen) atoms. The minimum absolute atomic E-state index is 0.00914. The number of urea groups is 1. The van der Waals surface area contributed by atoms with E-state index in [9.17, 15) is 73.5 Å². The second-order valence-corrected chi connectivity index (χ2v) is 40.3. The lowest BCUT2D eigenvalue weighted by Gasteiger charge is -2.47. The normalized spacial score (nSPS) is 26.3. The van der Waals surface area contributed by atoms with Crippen LogP contribution in [0.15, 0.2) is 137 Å². The summed E-state index contributed by atoms with van der Waals surface area (Å²) in [6, 6.07) is 21.2. The van der Waals surface area contributed by atoms with Crippen molar-refractivity contribution in [1.29, 1.82) is 0 Å². The number of carbonyl (C=O) groups excluding carboxylic acids is 10. The first-order valence-electron chi connectivity index (χ1n) is 47.7. The van der Waals surface area contributed by atoms with E-state index in [0.29, 0.717) is 32.6 Å². The summed E-state index contributed by atoms with van der Waals surface area (Å²) in [5, 5.41) is 77.6. The zero-order valence-electron chi connectivity index (χ0n) is 82.9. The van der Waals surface area contributed by atoms with Gasteiger partial charge in [0.15, 0.2) is 41.8 Å². The van der Waals surface area contributed by atoms with Crippen LogP contribution in [0.4, 0.5) is 24.9 Å². The highest BCUT2D eigenvalue weighted by molar-refractivity contribution is 14.1. The number of nitrogens with two attached hydrogens (primary N) is 1. The van der Waals surface area contributed by atoms with Gasteiger partial charge in [-0.25, -0.2) is 24.2 Å². The van der Waals surface area contributed by atoms with Crippen LogP contribution in [0.2, 0.25) is 0 Å². The lowest BCUT2D eigenvalue weighted by atomic mass is 9.75. The van der Waals surface area contributed by atoms with Crippen LogP contribution in [0.25, 0.3) is 11.1 Å². The molecule has 15 N–H and O–H groups in total. The Morgan fingerprint density at radius 2 is 1.40 bits per heavy atom. The van der Waals surface area contributed by atoms with E-state index < -0.39 is 205 Å². The number of benzene rings is 4. The van der Waals surface area contributed by atoms with E-state index in [4.69, 9.17) is 76.9 Å². The van der Waals surface area contributed by atoms with Crippen LogP contribution in [0, 0.1) is 40.1 Å². The second-order valence-electron chi connectivity index (χ2n) is 35.7. The molecule has 41 nitrogen and oxygen atoms in total. The number of aliphatic hydroxyl groups is 5. The number of ether oxygens (including phenoxy) is 14. The summed E-state index contributed by atoms with van der Waals surface area (Å²) >= 11 is 2.75. The smallest absolute Gasteiger partial charge is 0.411 e. The van der Waals surface area contributed by atoms with Crippen LogP contribution in [0.1, 0.15) is 138 Å². The molecule has 790 valence electrons. The maximum Gasteiger partial charge on any atom is 0.411 e. The Balaban J connectivity index is 0.704. The zero-order valence-corrected chi connectivity index (χ0v) is 87.5.